The van der Waals surface area contributed by atoms with Crippen LogP contribution in [0.15, 0.2) is 48.5 Å². The van der Waals surface area contributed by atoms with Gasteiger partial charge in [0, 0.05) is 25.2 Å². The average Bonchev–Trinajstić information content (AvgIpc) is 2.72. The number of benzene rings is 2. The van der Waals surface area contributed by atoms with Gasteiger partial charge in [-0.05, 0) is 48.2 Å². The van der Waals surface area contributed by atoms with Gasteiger partial charge in [-0.2, -0.15) is 0 Å². The number of rotatable bonds is 7. The zero-order valence-electron chi connectivity index (χ0n) is 19.2. The minimum atomic E-state index is -1.27. The first-order chi connectivity index (χ1) is 14.1. The Morgan fingerprint density at radius 1 is 0.667 bits per heavy atom. The number of carbonyl (C=O) groups excluding carboxylic acids is 2. The quantitative estimate of drug-likeness (QED) is 0.178. The smallest absolute Gasteiger partial charge is 1.00 e. The molecule has 0 saturated heterocycles. The predicted octanol–water partition coefficient (Wildman–Crippen LogP) is -9.37. The molecule has 0 aliphatic carbocycles. The normalized spacial score (nSPS) is 9.78. The summed E-state index contributed by atoms with van der Waals surface area (Å²) in [5.41, 5.74) is 21.8. The van der Waals surface area contributed by atoms with Crippen molar-refractivity contribution in [1.82, 2.24) is 0 Å². The van der Waals surface area contributed by atoms with Gasteiger partial charge in [0.25, 0.3) is 0 Å². The third kappa shape index (κ3) is 24.6. The number of aromatic hydroxyl groups is 2. The Kier molecular flexibility index (Phi) is 40.1. The number of carbonyl (C=O) groups is 2. The van der Waals surface area contributed by atoms with E-state index < -0.39 is 24.0 Å². The summed E-state index contributed by atoms with van der Waals surface area (Å²) in [4.78, 5) is 20.6. The summed E-state index contributed by atoms with van der Waals surface area (Å²) in [6.45, 7) is 1.19. The van der Waals surface area contributed by atoms with Gasteiger partial charge in [-0.1, -0.05) is 24.3 Å². The number of hydrogen-bond acceptors (Lipinski definition) is 10. The van der Waals surface area contributed by atoms with Crippen molar-refractivity contribution in [2.24, 2.45) is 22.9 Å². The molecule has 36 heavy (non-hydrogen) atoms. The third-order valence-electron chi connectivity index (χ3n) is 3.56. The van der Waals surface area contributed by atoms with E-state index >= 15 is 0 Å². The van der Waals surface area contributed by atoms with Crippen LogP contribution in [0.3, 0.4) is 0 Å². The minimum absolute atomic E-state index is 0. The van der Waals surface area contributed by atoms with E-state index in [0.29, 0.717) is 13.1 Å². The topological polar surface area (TPSA) is 351 Å². The van der Waals surface area contributed by atoms with Crippen LogP contribution < -0.4 is 45.6 Å². The maximum Gasteiger partial charge on any atom is 3.00 e. The summed E-state index contributed by atoms with van der Waals surface area (Å²) < 4.78 is 0. The number of carboxylic acid groups (broad SMARTS) is 2. The van der Waals surface area contributed by atoms with Gasteiger partial charge >= 0.3 is 16.8 Å². The number of phenolic OH excluding ortho intramolecular Hbond substituents is 2. The monoisotopic (exact) mass is 586 g/mol. The standard InChI is InChI=1S/2C9H11NO3.C2H8N2.ClH.Co.4H2O/c2*10-8(9(12)13)5-6-1-3-7(11)4-2-6;3-1-2-4;;;;;;/h2*1-4,8,11H,5,10H2,(H,12,13);1-4H2;1H;;4*1H2/q;;;;+3;;;;/p-3/t2*8-;;;;;;;/m00......./s1. The molecule has 2 atom stereocenters. The number of hydrogen-bond donors (Lipinski definition) is 6. The van der Waals surface area contributed by atoms with E-state index in [9.17, 15) is 19.8 Å². The second kappa shape index (κ2) is 28.7. The molecule has 0 aliphatic heterocycles. The van der Waals surface area contributed by atoms with Crippen LogP contribution in [0.4, 0.5) is 0 Å². The number of carboxylic acids is 2. The van der Waals surface area contributed by atoms with Crippen LogP contribution in [-0.2, 0) is 39.2 Å². The number of nitrogens with two attached hydrogens (primary N) is 4. The molecule has 0 amide bonds. The van der Waals surface area contributed by atoms with Gasteiger partial charge in [0.2, 0.25) is 0 Å². The van der Waals surface area contributed by atoms with Gasteiger partial charge in [0.05, 0.1) is 11.9 Å². The van der Waals surface area contributed by atoms with Crippen LogP contribution in [-0.4, -0.2) is 69.2 Å². The van der Waals surface area contributed by atoms with E-state index in [1.165, 1.54) is 24.3 Å². The molecule has 212 valence electrons. The second-order valence-electron chi connectivity index (χ2n) is 6.17. The maximum atomic E-state index is 10.3. The molecule has 2 aromatic rings. The predicted molar refractivity (Wildman–Crippen MR) is 122 cm³/mol. The van der Waals surface area contributed by atoms with Gasteiger partial charge in [-0.15, -0.1) is 0 Å². The fraction of sp³-hybridized carbons (Fsp3) is 0.300. The van der Waals surface area contributed by atoms with Crippen molar-refractivity contribution in [1.29, 1.82) is 0 Å². The van der Waals surface area contributed by atoms with Gasteiger partial charge in [0.1, 0.15) is 11.5 Å². The fourth-order valence-corrected chi connectivity index (χ4v) is 1.94. The summed E-state index contributed by atoms with van der Waals surface area (Å²) >= 11 is 0. The molecule has 18 N–H and O–H groups in total. The second-order valence-corrected chi connectivity index (χ2v) is 6.17. The summed E-state index contributed by atoms with van der Waals surface area (Å²) in [6, 6.07) is 10.4. The molecule has 0 unspecified atom stereocenters. The van der Waals surface area contributed by atoms with Crippen LogP contribution in [0.25, 0.3) is 0 Å². The number of phenols is 2. The molecule has 2 rings (SSSR count). The molecule has 16 heteroatoms. The molecule has 0 aliphatic rings. The molecule has 0 aromatic heterocycles. The van der Waals surface area contributed by atoms with Crippen molar-refractivity contribution < 1.29 is 81.1 Å². The van der Waals surface area contributed by atoms with Crippen LogP contribution in [0.5, 0.6) is 11.5 Å². The van der Waals surface area contributed by atoms with Crippen molar-refractivity contribution in [2.45, 2.75) is 24.9 Å². The first-order valence-corrected chi connectivity index (χ1v) is 8.99. The third-order valence-corrected chi connectivity index (χ3v) is 3.56. The van der Waals surface area contributed by atoms with Crippen LogP contribution in [0.1, 0.15) is 11.1 Å². The van der Waals surface area contributed by atoms with Crippen molar-refractivity contribution in [3.63, 3.8) is 0 Å². The van der Waals surface area contributed by atoms with Crippen molar-refractivity contribution in [3.05, 3.63) is 59.7 Å². The van der Waals surface area contributed by atoms with Crippen molar-refractivity contribution >= 4 is 11.9 Å². The average molecular weight is 587 g/mol. The van der Waals surface area contributed by atoms with Gasteiger partial charge < -0.3 is 87.3 Å². The summed E-state index contributed by atoms with van der Waals surface area (Å²) in [7, 11) is 0. The largest absolute Gasteiger partial charge is 3.00 e. The van der Waals surface area contributed by atoms with Crippen LogP contribution >= 0.6 is 0 Å². The maximum absolute atomic E-state index is 10.3. The molecular formula is C20H36ClCoN4O10. The summed E-state index contributed by atoms with van der Waals surface area (Å²) in [5.74, 6) is -2.25. The zero-order valence-corrected chi connectivity index (χ0v) is 20.9. The first-order valence-electron chi connectivity index (χ1n) is 8.99. The molecule has 2 aromatic carbocycles. The summed E-state index contributed by atoms with van der Waals surface area (Å²) in [5, 5.41) is 38.5. The van der Waals surface area contributed by atoms with E-state index in [4.69, 9.17) is 33.1 Å². The van der Waals surface area contributed by atoms with Gasteiger partial charge in [-0.3, -0.25) is 0 Å². The molecule has 0 heterocycles. The Bertz CT molecular complexity index is 709. The molecule has 14 nitrogen and oxygen atoms in total. The minimum Gasteiger partial charge on any atom is -1.00 e. The van der Waals surface area contributed by atoms with Crippen LogP contribution in [0, 0.1) is 0 Å². The van der Waals surface area contributed by atoms with E-state index in [0.717, 1.165) is 11.1 Å². The Labute approximate surface area is 225 Å². The Morgan fingerprint density at radius 3 is 1.06 bits per heavy atom. The number of aliphatic carboxylic acids is 2. The Hall–Kier alpha value is -2.54. The fourth-order valence-electron chi connectivity index (χ4n) is 1.94. The van der Waals surface area contributed by atoms with Crippen LogP contribution in [0.2, 0.25) is 0 Å². The molecule has 0 bridgehead atoms. The first kappa shape index (κ1) is 50.4. The molecule has 0 radical (unpaired) electrons. The van der Waals surface area contributed by atoms with E-state index in [1.54, 1.807) is 24.3 Å². The molecular weight excluding hydrogens is 551 g/mol. The van der Waals surface area contributed by atoms with Crippen molar-refractivity contribution in [2.75, 3.05) is 13.1 Å². The van der Waals surface area contributed by atoms with E-state index in [2.05, 4.69) is 0 Å². The Morgan fingerprint density at radius 2 is 0.889 bits per heavy atom. The SMILES string of the molecule is NCCN.N[C@@H](Cc1ccc(O)cc1)C(=O)[O-].N[C@@H](Cc1ccc(O)cc1)C(=O)[O-].O.O.O.O.[Cl-].[Co+3]. The molecule has 0 spiro atoms. The summed E-state index contributed by atoms with van der Waals surface area (Å²) in [6.07, 6.45) is 0.422. The molecule has 0 fully saturated rings. The van der Waals surface area contributed by atoms with E-state index in [-0.39, 0.29) is 75.4 Å². The molecule has 0 saturated carbocycles. The Balaban J connectivity index is -0.0000000710. The van der Waals surface area contributed by atoms with Gasteiger partial charge in [-0.25, -0.2) is 0 Å². The zero-order chi connectivity index (χ0) is 23.1. The van der Waals surface area contributed by atoms with Gasteiger partial charge in [0.15, 0.2) is 0 Å². The van der Waals surface area contributed by atoms with E-state index in [1.807, 2.05) is 0 Å². The number of halogens is 1. The van der Waals surface area contributed by atoms with Crippen molar-refractivity contribution in [3.8, 4) is 11.5 Å².